The van der Waals surface area contributed by atoms with Crippen molar-refractivity contribution >= 4 is 65.7 Å². The van der Waals surface area contributed by atoms with Crippen LogP contribution >= 0.6 is 0 Å². The van der Waals surface area contributed by atoms with E-state index in [2.05, 4.69) is 120 Å². The lowest BCUT2D eigenvalue weighted by Gasteiger charge is -2.10. The smallest absolute Gasteiger partial charge is 0.164 e. The Hall–Kier alpha value is -7.83. The molecule has 0 spiro atoms. The van der Waals surface area contributed by atoms with E-state index in [-0.39, 0.29) is 0 Å². The molecule has 0 atom stereocenters. The largest absolute Gasteiger partial charge is 0.456 e. The van der Waals surface area contributed by atoms with Crippen LogP contribution in [0.4, 0.5) is 0 Å². The fourth-order valence-electron chi connectivity index (χ4n) is 8.44. The molecule has 0 fully saturated rings. The normalized spacial score (nSPS) is 11.9. The van der Waals surface area contributed by atoms with Gasteiger partial charge in [-0.3, -0.25) is 0 Å². The summed E-state index contributed by atoms with van der Waals surface area (Å²) >= 11 is 0. The van der Waals surface area contributed by atoms with Gasteiger partial charge in [0, 0.05) is 49.0 Å². The molecule has 0 saturated carbocycles. The van der Waals surface area contributed by atoms with E-state index in [1.54, 1.807) is 0 Å². The number of fused-ring (bicyclic) bond motifs is 9. The minimum atomic E-state index is 0.562. The highest BCUT2D eigenvalue weighted by Crippen LogP contribution is 2.42. The number of furan rings is 2. The van der Waals surface area contributed by atoms with Crippen molar-refractivity contribution in [2.45, 2.75) is 0 Å². The second kappa shape index (κ2) is 12.3. The van der Waals surface area contributed by atoms with E-state index in [1.807, 2.05) is 66.7 Å². The van der Waals surface area contributed by atoms with E-state index in [0.29, 0.717) is 17.5 Å². The summed E-state index contributed by atoms with van der Waals surface area (Å²) in [5, 5.41) is 6.44. The van der Waals surface area contributed by atoms with Crippen LogP contribution in [0.3, 0.4) is 0 Å². The van der Waals surface area contributed by atoms with Crippen LogP contribution in [0.15, 0.2) is 191 Å². The number of hydrogen-bond acceptors (Lipinski definition) is 5. The maximum Gasteiger partial charge on any atom is 0.164 e. The van der Waals surface area contributed by atoms with Gasteiger partial charge < -0.3 is 13.4 Å². The van der Waals surface area contributed by atoms with E-state index in [1.165, 1.54) is 21.9 Å². The summed E-state index contributed by atoms with van der Waals surface area (Å²) in [6, 6.07) is 62.7. The predicted molar refractivity (Wildman–Crippen MR) is 230 cm³/mol. The molecule has 57 heavy (non-hydrogen) atoms. The van der Waals surface area contributed by atoms with Crippen molar-refractivity contribution in [3.63, 3.8) is 0 Å². The molecule has 12 rings (SSSR count). The molecule has 0 unspecified atom stereocenters. The van der Waals surface area contributed by atoms with E-state index in [4.69, 9.17) is 23.8 Å². The average molecular weight is 731 g/mol. The zero-order valence-corrected chi connectivity index (χ0v) is 30.4. The summed E-state index contributed by atoms with van der Waals surface area (Å²) in [6.45, 7) is 0. The molecule has 0 bridgehead atoms. The molecule has 8 aromatic carbocycles. The Morgan fingerprint density at radius 3 is 1.84 bits per heavy atom. The van der Waals surface area contributed by atoms with Crippen molar-refractivity contribution < 1.29 is 8.83 Å². The molecule has 0 aliphatic carbocycles. The van der Waals surface area contributed by atoms with Crippen LogP contribution in [0, 0.1) is 0 Å². The van der Waals surface area contributed by atoms with Gasteiger partial charge in [0.15, 0.2) is 23.1 Å². The topological polar surface area (TPSA) is 69.9 Å². The minimum absolute atomic E-state index is 0.562. The summed E-state index contributed by atoms with van der Waals surface area (Å²) in [5.74, 6) is 1.71. The number of rotatable bonds is 5. The van der Waals surface area contributed by atoms with Crippen molar-refractivity contribution in [1.29, 1.82) is 0 Å². The van der Waals surface area contributed by atoms with Gasteiger partial charge in [-0.25, -0.2) is 15.0 Å². The third kappa shape index (κ3) is 4.94. The average Bonchev–Trinajstić information content (AvgIpc) is 3.96. The molecular weight excluding hydrogens is 701 g/mol. The van der Waals surface area contributed by atoms with Crippen LogP contribution in [0.2, 0.25) is 0 Å². The predicted octanol–water partition coefficient (Wildman–Crippen LogP) is 13.4. The number of para-hydroxylation sites is 3. The third-order valence-corrected chi connectivity index (χ3v) is 11.1. The van der Waals surface area contributed by atoms with Gasteiger partial charge in [-0.05, 0) is 59.7 Å². The lowest BCUT2D eigenvalue weighted by atomic mass is 10.0. The van der Waals surface area contributed by atoms with Gasteiger partial charge in [0.2, 0.25) is 0 Å². The second-order valence-electron chi connectivity index (χ2n) is 14.4. The maximum absolute atomic E-state index is 6.86. The molecule has 0 aliphatic heterocycles. The highest BCUT2D eigenvalue weighted by Gasteiger charge is 2.22. The van der Waals surface area contributed by atoms with Crippen LogP contribution in [-0.4, -0.2) is 19.5 Å². The molecule has 0 radical (unpaired) electrons. The Morgan fingerprint density at radius 1 is 0.351 bits per heavy atom. The van der Waals surface area contributed by atoms with Crippen LogP contribution < -0.4 is 0 Å². The van der Waals surface area contributed by atoms with Crippen molar-refractivity contribution in [3.05, 3.63) is 182 Å². The fourth-order valence-corrected chi connectivity index (χ4v) is 8.44. The first-order valence-electron chi connectivity index (χ1n) is 19.0. The zero-order valence-electron chi connectivity index (χ0n) is 30.4. The fraction of sp³-hybridized carbons (Fsp3) is 0. The molecule has 0 saturated heterocycles. The quantitative estimate of drug-likeness (QED) is 0.176. The van der Waals surface area contributed by atoms with Gasteiger partial charge >= 0.3 is 0 Å². The van der Waals surface area contributed by atoms with Crippen molar-refractivity contribution in [1.82, 2.24) is 19.5 Å². The molecule has 12 aromatic rings. The number of hydrogen-bond donors (Lipinski definition) is 0. The highest BCUT2D eigenvalue weighted by atomic mass is 16.3. The van der Waals surface area contributed by atoms with Gasteiger partial charge in [0.05, 0.1) is 16.7 Å². The van der Waals surface area contributed by atoms with Crippen molar-refractivity contribution in [2.24, 2.45) is 0 Å². The third-order valence-electron chi connectivity index (χ3n) is 11.1. The van der Waals surface area contributed by atoms with Crippen LogP contribution in [0.5, 0.6) is 0 Å². The molecule has 4 aromatic heterocycles. The SMILES string of the molecule is c1ccc(-c2ccc3c(c2)c2ccccc2n3-c2cccc3c2oc2cccc(-c4nc(-c5ccccc5)nc(-c5ccc6c(c5)oc5ccccc56)n4)c23)cc1. The molecule has 4 heterocycles. The van der Waals surface area contributed by atoms with Gasteiger partial charge in [-0.1, -0.05) is 133 Å². The molecule has 6 nitrogen and oxygen atoms in total. The maximum atomic E-state index is 6.86. The van der Waals surface area contributed by atoms with Crippen LogP contribution in [0.25, 0.3) is 117 Å². The van der Waals surface area contributed by atoms with Crippen LogP contribution in [0.1, 0.15) is 0 Å². The van der Waals surface area contributed by atoms with E-state index in [0.717, 1.165) is 77.3 Å². The first-order valence-corrected chi connectivity index (χ1v) is 19.0. The summed E-state index contributed by atoms with van der Waals surface area (Å²) in [4.78, 5) is 15.3. The standard InChI is InChI=1S/C51H30N4O2/c1-3-13-31(14-4-1)33-26-28-42-40(29-33)35-17-7-9-21-41(35)55(42)43-22-11-19-38-47-39(20-12-24-45(47)57-48(38)43)51-53-49(32-15-5-2-6-16-32)52-50(54-51)34-25-27-37-36-18-8-10-23-44(36)56-46(37)30-34/h1-30H. The molecule has 266 valence electrons. The molecule has 6 heteroatoms. The summed E-state index contributed by atoms with van der Waals surface area (Å²) in [5.41, 5.74) is 11.4. The van der Waals surface area contributed by atoms with Gasteiger partial charge in [0.25, 0.3) is 0 Å². The van der Waals surface area contributed by atoms with E-state index < -0.39 is 0 Å². The molecule has 0 aliphatic rings. The molecular formula is C51H30N4O2. The van der Waals surface area contributed by atoms with Crippen molar-refractivity contribution in [3.8, 4) is 51.0 Å². The number of benzene rings is 8. The first-order chi connectivity index (χ1) is 28.2. The number of nitrogens with zero attached hydrogens (tertiary/aromatic N) is 4. The molecule has 0 N–H and O–H groups in total. The lowest BCUT2D eigenvalue weighted by molar-refractivity contribution is 0.666. The Kier molecular flexibility index (Phi) is 6.83. The summed E-state index contributed by atoms with van der Waals surface area (Å²) < 4.78 is 15.5. The molecule has 0 amide bonds. The van der Waals surface area contributed by atoms with Gasteiger partial charge in [-0.15, -0.1) is 0 Å². The Bertz CT molecular complexity index is 3530. The number of aromatic nitrogens is 4. The van der Waals surface area contributed by atoms with E-state index in [9.17, 15) is 0 Å². The minimum Gasteiger partial charge on any atom is -0.456 e. The summed E-state index contributed by atoms with van der Waals surface area (Å²) in [6.07, 6.45) is 0. The lowest BCUT2D eigenvalue weighted by Crippen LogP contribution is -2.00. The Labute approximate surface area is 325 Å². The summed E-state index contributed by atoms with van der Waals surface area (Å²) in [7, 11) is 0. The Morgan fingerprint density at radius 2 is 0.982 bits per heavy atom. The van der Waals surface area contributed by atoms with Gasteiger partial charge in [-0.2, -0.15) is 0 Å². The van der Waals surface area contributed by atoms with Crippen LogP contribution in [-0.2, 0) is 0 Å². The Balaban J connectivity index is 1.07. The van der Waals surface area contributed by atoms with Gasteiger partial charge in [0.1, 0.15) is 16.7 Å². The second-order valence-corrected chi connectivity index (χ2v) is 14.4. The van der Waals surface area contributed by atoms with Crippen molar-refractivity contribution in [2.75, 3.05) is 0 Å². The first kappa shape index (κ1) is 31.5. The monoisotopic (exact) mass is 730 g/mol. The highest BCUT2D eigenvalue weighted by molar-refractivity contribution is 6.16. The zero-order chi connectivity index (χ0) is 37.5. The van der Waals surface area contributed by atoms with E-state index >= 15 is 0 Å².